The number of morpholine rings is 1. The molecule has 1 aliphatic rings. The van der Waals surface area contributed by atoms with Crippen molar-refractivity contribution in [1.82, 2.24) is 19.9 Å². The summed E-state index contributed by atoms with van der Waals surface area (Å²) in [5.74, 6) is -0.0747. The fourth-order valence-corrected chi connectivity index (χ4v) is 3.81. The van der Waals surface area contributed by atoms with Crippen molar-refractivity contribution in [2.45, 2.75) is 9.79 Å². The van der Waals surface area contributed by atoms with Gasteiger partial charge in [0.15, 0.2) is 5.76 Å². The average molecular weight is 384 g/mol. The number of hydrogen-bond acceptors (Lipinski definition) is 9. The molecule has 3 aromatic rings. The summed E-state index contributed by atoms with van der Waals surface area (Å²) in [5.41, 5.74) is 6.83. The van der Waals surface area contributed by atoms with E-state index >= 15 is 0 Å². The fourth-order valence-electron chi connectivity index (χ4n) is 2.79. The Balaban J connectivity index is 1.88. The number of rotatable bonds is 5. The van der Waals surface area contributed by atoms with Gasteiger partial charge in [-0.25, -0.2) is 19.9 Å². The van der Waals surface area contributed by atoms with Gasteiger partial charge >= 0.3 is 0 Å². The van der Waals surface area contributed by atoms with Crippen LogP contribution in [-0.4, -0.2) is 52.1 Å². The van der Waals surface area contributed by atoms with Gasteiger partial charge in [-0.15, -0.1) is 0 Å². The number of furan rings is 1. The van der Waals surface area contributed by atoms with Gasteiger partial charge in [0.1, 0.15) is 24.0 Å². The second-order valence-corrected chi connectivity index (χ2v) is 6.76. The molecule has 0 spiro atoms. The van der Waals surface area contributed by atoms with Gasteiger partial charge in [-0.3, -0.25) is 4.79 Å². The quantitative estimate of drug-likeness (QED) is 0.699. The molecule has 1 saturated heterocycles. The molecular formula is C17H16N6O3S. The minimum Gasteiger partial charge on any atom is -0.446 e. The molecule has 27 heavy (non-hydrogen) atoms. The first-order valence-electron chi connectivity index (χ1n) is 8.22. The zero-order chi connectivity index (χ0) is 18.6. The van der Waals surface area contributed by atoms with Gasteiger partial charge in [0.2, 0.25) is 5.76 Å². The molecule has 9 nitrogen and oxygen atoms in total. The van der Waals surface area contributed by atoms with Gasteiger partial charge in [0.25, 0.3) is 5.91 Å². The molecule has 0 unspecified atom stereocenters. The molecule has 3 aromatic heterocycles. The van der Waals surface area contributed by atoms with Crippen molar-refractivity contribution in [3.8, 4) is 11.5 Å². The number of aromatic nitrogens is 4. The van der Waals surface area contributed by atoms with Crippen molar-refractivity contribution in [3.63, 3.8) is 0 Å². The van der Waals surface area contributed by atoms with E-state index in [1.807, 2.05) is 4.90 Å². The largest absolute Gasteiger partial charge is 0.446 e. The Hall–Kier alpha value is -2.98. The first-order valence-corrected chi connectivity index (χ1v) is 9.04. The third-order valence-electron chi connectivity index (χ3n) is 3.96. The number of amides is 1. The average Bonchev–Trinajstić information content (AvgIpc) is 3.09. The van der Waals surface area contributed by atoms with Crippen LogP contribution in [0.3, 0.4) is 0 Å². The van der Waals surface area contributed by atoms with E-state index in [9.17, 15) is 4.79 Å². The van der Waals surface area contributed by atoms with Gasteiger partial charge in [-0.1, -0.05) is 11.8 Å². The van der Waals surface area contributed by atoms with E-state index < -0.39 is 5.91 Å². The van der Waals surface area contributed by atoms with E-state index in [1.54, 1.807) is 24.7 Å². The van der Waals surface area contributed by atoms with Gasteiger partial charge in [-0.2, -0.15) is 0 Å². The van der Waals surface area contributed by atoms with Crippen molar-refractivity contribution in [2.24, 2.45) is 5.73 Å². The van der Waals surface area contributed by atoms with Crippen LogP contribution in [-0.2, 0) is 4.74 Å². The SMILES string of the molecule is NC(=O)c1oc(-c2ccncn2)c(Sc2cncnc2)c1N1CCOCC1. The Morgan fingerprint density at radius 3 is 2.59 bits per heavy atom. The summed E-state index contributed by atoms with van der Waals surface area (Å²) in [6, 6.07) is 1.72. The number of carbonyl (C=O) groups is 1. The minimum atomic E-state index is -0.636. The lowest BCUT2D eigenvalue weighted by atomic mass is 10.2. The number of ether oxygens (including phenoxy) is 1. The monoisotopic (exact) mass is 384 g/mol. The van der Waals surface area contributed by atoms with Crippen LogP contribution in [0.15, 0.2) is 51.5 Å². The third-order valence-corrected chi connectivity index (χ3v) is 4.99. The molecule has 0 atom stereocenters. The Labute approximate surface area is 159 Å². The molecule has 4 rings (SSSR count). The summed E-state index contributed by atoms with van der Waals surface area (Å²) in [4.78, 5) is 32.0. The highest BCUT2D eigenvalue weighted by Gasteiger charge is 2.30. The maximum atomic E-state index is 12.1. The van der Waals surface area contributed by atoms with Crippen LogP contribution in [0, 0.1) is 0 Å². The highest BCUT2D eigenvalue weighted by molar-refractivity contribution is 7.99. The number of carbonyl (C=O) groups excluding carboxylic acids is 1. The molecule has 0 saturated carbocycles. The van der Waals surface area contributed by atoms with Crippen LogP contribution in [0.25, 0.3) is 11.5 Å². The molecule has 4 heterocycles. The predicted molar refractivity (Wildman–Crippen MR) is 97.4 cm³/mol. The summed E-state index contributed by atoms with van der Waals surface area (Å²) < 4.78 is 11.3. The van der Waals surface area contributed by atoms with Crippen LogP contribution in [0.2, 0.25) is 0 Å². The Morgan fingerprint density at radius 2 is 1.93 bits per heavy atom. The van der Waals surface area contributed by atoms with E-state index in [0.29, 0.717) is 43.4 Å². The molecule has 0 aliphatic carbocycles. The normalized spacial score (nSPS) is 14.3. The van der Waals surface area contributed by atoms with E-state index in [0.717, 1.165) is 9.79 Å². The van der Waals surface area contributed by atoms with Crippen molar-refractivity contribution in [1.29, 1.82) is 0 Å². The van der Waals surface area contributed by atoms with Crippen LogP contribution in [0.1, 0.15) is 10.6 Å². The van der Waals surface area contributed by atoms with Crippen molar-refractivity contribution < 1.29 is 13.9 Å². The highest BCUT2D eigenvalue weighted by Crippen LogP contribution is 2.46. The number of primary amides is 1. The summed E-state index contributed by atoms with van der Waals surface area (Å²) in [6.45, 7) is 2.37. The van der Waals surface area contributed by atoms with Gasteiger partial charge in [0, 0.05) is 36.6 Å². The molecule has 0 aromatic carbocycles. The van der Waals surface area contributed by atoms with E-state index in [-0.39, 0.29) is 5.76 Å². The second kappa shape index (κ2) is 7.72. The lowest BCUT2D eigenvalue weighted by Crippen LogP contribution is -2.37. The van der Waals surface area contributed by atoms with E-state index in [1.165, 1.54) is 24.4 Å². The number of anilines is 1. The number of nitrogens with zero attached hydrogens (tertiary/aromatic N) is 5. The lowest BCUT2D eigenvalue weighted by molar-refractivity contribution is 0.0972. The zero-order valence-electron chi connectivity index (χ0n) is 14.2. The summed E-state index contributed by atoms with van der Waals surface area (Å²) in [5, 5.41) is 0. The van der Waals surface area contributed by atoms with E-state index in [2.05, 4.69) is 19.9 Å². The van der Waals surface area contributed by atoms with Crippen LogP contribution < -0.4 is 10.6 Å². The number of nitrogens with two attached hydrogens (primary N) is 1. The standard InChI is InChI=1S/C17H16N6O3S/c18-17(24)15-13(23-3-5-25-6-4-23)16(27-11-7-20-9-21-8-11)14(26-15)12-1-2-19-10-22-12/h1-2,7-10H,3-6H2,(H2,18,24). The lowest BCUT2D eigenvalue weighted by Gasteiger charge is -2.29. The Bertz CT molecular complexity index is 929. The Kier molecular flexibility index (Phi) is 4.99. The minimum absolute atomic E-state index is 0.102. The molecule has 2 N–H and O–H groups in total. The smallest absolute Gasteiger partial charge is 0.286 e. The van der Waals surface area contributed by atoms with Gasteiger partial charge < -0.3 is 19.8 Å². The fraction of sp³-hybridized carbons (Fsp3) is 0.235. The first kappa shape index (κ1) is 17.4. The molecular weight excluding hydrogens is 368 g/mol. The van der Waals surface area contributed by atoms with Crippen LogP contribution >= 0.6 is 11.8 Å². The summed E-state index contributed by atoms with van der Waals surface area (Å²) in [7, 11) is 0. The predicted octanol–water partition coefficient (Wildman–Crippen LogP) is 1.61. The molecule has 1 amide bonds. The molecule has 0 bridgehead atoms. The highest BCUT2D eigenvalue weighted by atomic mass is 32.2. The van der Waals surface area contributed by atoms with Gasteiger partial charge in [-0.05, 0) is 6.07 Å². The van der Waals surface area contributed by atoms with Crippen molar-refractivity contribution >= 4 is 23.4 Å². The molecule has 138 valence electrons. The maximum absolute atomic E-state index is 12.1. The summed E-state index contributed by atoms with van der Waals surface area (Å²) >= 11 is 1.40. The Morgan fingerprint density at radius 1 is 1.15 bits per heavy atom. The van der Waals surface area contributed by atoms with Crippen LogP contribution in [0.5, 0.6) is 0 Å². The zero-order valence-corrected chi connectivity index (χ0v) is 15.1. The number of hydrogen-bond donors (Lipinski definition) is 1. The molecule has 0 radical (unpaired) electrons. The first-order chi connectivity index (χ1) is 13.2. The van der Waals surface area contributed by atoms with Crippen molar-refractivity contribution in [2.75, 3.05) is 31.2 Å². The second-order valence-electron chi connectivity index (χ2n) is 5.67. The van der Waals surface area contributed by atoms with Crippen molar-refractivity contribution in [3.05, 3.63) is 43.1 Å². The summed E-state index contributed by atoms with van der Waals surface area (Å²) in [6.07, 6.45) is 7.89. The topological polar surface area (TPSA) is 120 Å². The molecule has 1 fully saturated rings. The maximum Gasteiger partial charge on any atom is 0.286 e. The van der Waals surface area contributed by atoms with Crippen LogP contribution in [0.4, 0.5) is 5.69 Å². The molecule has 10 heteroatoms. The van der Waals surface area contributed by atoms with E-state index in [4.69, 9.17) is 14.9 Å². The molecule has 1 aliphatic heterocycles. The van der Waals surface area contributed by atoms with Gasteiger partial charge in [0.05, 0.1) is 18.1 Å². The third kappa shape index (κ3) is 3.62.